The van der Waals surface area contributed by atoms with Crippen LogP contribution in [0.5, 0.6) is 5.75 Å². The van der Waals surface area contributed by atoms with Gasteiger partial charge in [-0.1, -0.05) is 19.3 Å². The molecule has 1 saturated carbocycles. The Morgan fingerprint density at radius 1 is 1.12 bits per heavy atom. The minimum absolute atomic E-state index is 0.0878. The number of ether oxygens (including phenoxy) is 1. The molecule has 2 aliphatic rings. The molecule has 0 atom stereocenters. The summed E-state index contributed by atoms with van der Waals surface area (Å²) >= 11 is 0. The summed E-state index contributed by atoms with van der Waals surface area (Å²) in [5.41, 5.74) is 0.400. The minimum Gasteiger partial charge on any atom is -0.495 e. The highest BCUT2D eigenvalue weighted by atomic mass is 32.2. The van der Waals surface area contributed by atoms with Crippen molar-refractivity contribution in [2.75, 3.05) is 27.2 Å². The predicted molar refractivity (Wildman–Crippen MR) is 100.0 cm³/mol. The van der Waals surface area contributed by atoms with E-state index in [1.165, 1.54) is 23.9 Å². The van der Waals surface area contributed by atoms with Gasteiger partial charge in [0.05, 0.1) is 7.11 Å². The highest BCUT2D eigenvalue weighted by Crippen LogP contribution is 2.31. The van der Waals surface area contributed by atoms with E-state index in [9.17, 15) is 13.2 Å². The van der Waals surface area contributed by atoms with E-state index in [2.05, 4.69) is 0 Å². The first-order chi connectivity index (χ1) is 12.4. The Hall–Kier alpha value is -1.60. The molecule has 1 aliphatic heterocycles. The van der Waals surface area contributed by atoms with Crippen molar-refractivity contribution in [3.05, 3.63) is 23.8 Å². The largest absolute Gasteiger partial charge is 0.495 e. The Bertz CT molecular complexity index is 751. The fourth-order valence-corrected chi connectivity index (χ4v) is 5.62. The van der Waals surface area contributed by atoms with E-state index >= 15 is 0 Å². The summed E-state index contributed by atoms with van der Waals surface area (Å²) in [6.07, 6.45) is 7.25. The molecule has 0 spiro atoms. The van der Waals surface area contributed by atoms with E-state index in [1.54, 1.807) is 17.0 Å². The second-order valence-corrected chi connectivity index (χ2v) is 9.09. The molecule has 0 N–H and O–H groups in total. The maximum atomic E-state index is 13.0. The van der Waals surface area contributed by atoms with Gasteiger partial charge in [-0.3, -0.25) is 4.79 Å². The van der Waals surface area contributed by atoms with Crippen LogP contribution < -0.4 is 4.74 Å². The van der Waals surface area contributed by atoms with E-state index in [0.717, 1.165) is 38.5 Å². The molecule has 2 fully saturated rings. The van der Waals surface area contributed by atoms with Crippen LogP contribution in [0.2, 0.25) is 0 Å². The molecule has 1 aromatic rings. The normalized spacial score (nSPS) is 19.5. The fourth-order valence-electron chi connectivity index (χ4n) is 3.92. The van der Waals surface area contributed by atoms with Gasteiger partial charge in [0.25, 0.3) is 5.91 Å². The van der Waals surface area contributed by atoms with Crippen molar-refractivity contribution in [3.8, 4) is 5.75 Å². The van der Waals surface area contributed by atoms with Gasteiger partial charge in [0.1, 0.15) is 10.6 Å². The molecule has 1 heterocycles. The average molecular weight is 381 g/mol. The molecule has 144 valence electrons. The van der Waals surface area contributed by atoms with Gasteiger partial charge >= 0.3 is 0 Å². The standard InChI is InChI=1S/C19H28N2O4S/c1-20(16-8-4-3-5-9-16)19(22)15-10-11-17(25-2)18(14-15)26(23,24)21-12-6-7-13-21/h10-11,14,16H,3-9,12-13H2,1-2H3. The fraction of sp³-hybridized carbons (Fsp3) is 0.632. The molecule has 1 aromatic carbocycles. The van der Waals surface area contributed by atoms with Crippen LogP contribution in [-0.4, -0.2) is 56.8 Å². The van der Waals surface area contributed by atoms with Crippen molar-refractivity contribution < 1.29 is 17.9 Å². The van der Waals surface area contributed by atoms with Gasteiger partial charge < -0.3 is 9.64 Å². The Morgan fingerprint density at radius 2 is 1.77 bits per heavy atom. The number of hydrogen-bond donors (Lipinski definition) is 0. The van der Waals surface area contributed by atoms with Crippen molar-refractivity contribution in [2.24, 2.45) is 0 Å². The third-order valence-electron chi connectivity index (χ3n) is 5.54. The van der Waals surface area contributed by atoms with Gasteiger partial charge in [-0.2, -0.15) is 4.31 Å². The lowest BCUT2D eigenvalue weighted by Crippen LogP contribution is -2.38. The third kappa shape index (κ3) is 3.74. The summed E-state index contributed by atoms with van der Waals surface area (Å²) in [7, 11) is -0.381. The summed E-state index contributed by atoms with van der Waals surface area (Å²) in [5.74, 6) is 0.159. The van der Waals surface area contributed by atoms with Crippen LogP contribution in [0.25, 0.3) is 0 Å². The molecule has 1 saturated heterocycles. The lowest BCUT2D eigenvalue weighted by molar-refractivity contribution is 0.0696. The third-order valence-corrected chi connectivity index (χ3v) is 7.46. The van der Waals surface area contributed by atoms with Crippen molar-refractivity contribution in [3.63, 3.8) is 0 Å². The number of benzene rings is 1. The number of amides is 1. The van der Waals surface area contributed by atoms with Crippen LogP contribution in [-0.2, 0) is 10.0 Å². The topological polar surface area (TPSA) is 66.9 Å². The summed E-state index contributed by atoms with van der Waals surface area (Å²) in [6.45, 7) is 1.04. The summed E-state index contributed by atoms with van der Waals surface area (Å²) in [4.78, 5) is 14.8. The van der Waals surface area contributed by atoms with E-state index in [0.29, 0.717) is 18.7 Å². The molecule has 26 heavy (non-hydrogen) atoms. The zero-order valence-corrected chi connectivity index (χ0v) is 16.4. The van der Waals surface area contributed by atoms with Gasteiger partial charge in [-0.05, 0) is 43.9 Å². The van der Waals surface area contributed by atoms with Crippen LogP contribution >= 0.6 is 0 Å². The molecule has 1 aliphatic carbocycles. The van der Waals surface area contributed by atoms with Gasteiger partial charge in [0.2, 0.25) is 10.0 Å². The van der Waals surface area contributed by atoms with E-state index in [4.69, 9.17) is 4.74 Å². The highest BCUT2D eigenvalue weighted by molar-refractivity contribution is 7.89. The summed E-state index contributed by atoms with van der Waals surface area (Å²) in [6, 6.07) is 4.96. The first-order valence-corrected chi connectivity index (χ1v) is 10.8. The highest BCUT2D eigenvalue weighted by Gasteiger charge is 2.31. The number of rotatable bonds is 5. The molecule has 3 rings (SSSR count). The summed E-state index contributed by atoms with van der Waals surface area (Å²) < 4.78 is 32.7. The second kappa shape index (κ2) is 7.96. The van der Waals surface area contributed by atoms with Crippen LogP contribution in [0.15, 0.2) is 23.1 Å². The zero-order valence-electron chi connectivity index (χ0n) is 15.6. The molecule has 0 radical (unpaired) electrons. The van der Waals surface area contributed by atoms with Crippen molar-refractivity contribution in [1.82, 2.24) is 9.21 Å². The number of sulfonamides is 1. The molecule has 0 aromatic heterocycles. The molecule has 1 amide bonds. The van der Waals surface area contributed by atoms with Gasteiger partial charge in [0, 0.05) is 31.7 Å². The van der Waals surface area contributed by atoms with Gasteiger partial charge in [-0.25, -0.2) is 8.42 Å². The zero-order chi connectivity index (χ0) is 18.7. The Kier molecular flexibility index (Phi) is 5.87. The monoisotopic (exact) mass is 380 g/mol. The summed E-state index contributed by atoms with van der Waals surface area (Å²) in [5, 5.41) is 0. The first kappa shape index (κ1) is 19.2. The molecular weight excluding hydrogens is 352 g/mol. The molecular formula is C19H28N2O4S. The van der Waals surface area contributed by atoms with Crippen LogP contribution in [0.1, 0.15) is 55.3 Å². The molecule has 7 heteroatoms. The quantitative estimate of drug-likeness (QED) is 0.788. The predicted octanol–water partition coefficient (Wildman–Crippen LogP) is 2.88. The maximum Gasteiger partial charge on any atom is 0.253 e. The second-order valence-electron chi connectivity index (χ2n) is 7.18. The number of carbonyl (C=O) groups is 1. The first-order valence-electron chi connectivity index (χ1n) is 9.40. The van der Waals surface area contributed by atoms with Crippen molar-refractivity contribution >= 4 is 15.9 Å². The molecule has 0 bridgehead atoms. The Balaban J connectivity index is 1.90. The lowest BCUT2D eigenvalue weighted by atomic mass is 9.94. The number of carbonyl (C=O) groups excluding carboxylic acids is 1. The Morgan fingerprint density at radius 3 is 2.38 bits per heavy atom. The van der Waals surface area contributed by atoms with E-state index < -0.39 is 10.0 Å². The lowest BCUT2D eigenvalue weighted by Gasteiger charge is -2.31. The van der Waals surface area contributed by atoms with Gasteiger partial charge in [-0.15, -0.1) is 0 Å². The number of hydrogen-bond acceptors (Lipinski definition) is 4. The smallest absolute Gasteiger partial charge is 0.253 e. The van der Waals surface area contributed by atoms with Crippen LogP contribution in [0.4, 0.5) is 0 Å². The van der Waals surface area contributed by atoms with Crippen LogP contribution in [0, 0.1) is 0 Å². The van der Waals surface area contributed by atoms with Crippen molar-refractivity contribution in [2.45, 2.75) is 55.9 Å². The van der Waals surface area contributed by atoms with Crippen LogP contribution in [0.3, 0.4) is 0 Å². The molecule has 6 nitrogen and oxygen atoms in total. The maximum absolute atomic E-state index is 13.0. The Labute approximate surface area is 156 Å². The van der Waals surface area contributed by atoms with Gasteiger partial charge in [0.15, 0.2) is 0 Å². The SMILES string of the molecule is COc1ccc(C(=O)N(C)C2CCCCC2)cc1S(=O)(=O)N1CCCC1. The van der Waals surface area contributed by atoms with E-state index in [-0.39, 0.29) is 22.6 Å². The average Bonchev–Trinajstić information content (AvgIpc) is 3.22. The number of nitrogens with zero attached hydrogens (tertiary/aromatic N) is 2. The molecule has 0 unspecified atom stereocenters. The minimum atomic E-state index is -3.65. The van der Waals surface area contributed by atoms with E-state index in [1.807, 2.05) is 7.05 Å². The number of methoxy groups -OCH3 is 1. The van der Waals surface area contributed by atoms with Crippen molar-refractivity contribution in [1.29, 1.82) is 0 Å².